The van der Waals surface area contributed by atoms with E-state index in [9.17, 15) is 19.7 Å². The van der Waals surface area contributed by atoms with Crippen LogP contribution >= 0.6 is 0 Å². The molecule has 7 nitrogen and oxygen atoms in total. The summed E-state index contributed by atoms with van der Waals surface area (Å²) in [5.74, 6) is 0.170. The minimum absolute atomic E-state index is 0.0784. The van der Waals surface area contributed by atoms with E-state index in [1.54, 1.807) is 18.2 Å². The normalized spacial score (nSPS) is 11.7. The van der Waals surface area contributed by atoms with Gasteiger partial charge < -0.3 is 9.16 Å². The number of nitro groups is 1. The third kappa shape index (κ3) is 5.32. The molecule has 8 heteroatoms. The largest absolute Gasteiger partial charge is 0.543 e. The lowest BCUT2D eigenvalue weighted by Gasteiger charge is -2.37. The number of hydrogen-bond acceptors (Lipinski definition) is 6. The third-order valence-corrected chi connectivity index (χ3v) is 9.72. The Labute approximate surface area is 177 Å². The summed E-state index contributed by atoms with van der Waals surface area (Å²) in [5, 5.41) is 10.7. The molecule has 0 amide bonds. The van der Waals surface area contributed by atoms with Gasteiger partial charge in [-0.3, -0.25) is 19.7 Å². The second-order valence-corrected chi connectivity index (χ2v) is 13.3. The molecule has 0 N–H and O–H groups in total. The molecule has 0 bridgehead atoms. The van der Waals surface area contributed by atoms with Crippen LogP contribution in [0.5, 0.6) is 11.5 Å². The van der Waals surface area contributed by atoms with Crippen LogP contribution in [0.25, 0.3) is 0 Å². The van der Waals surface area contributed by atoms with Gasteiger partial charge in [0, 0.05) is 23.8 Å². The summed E-state index contributed by atoms with van der Waals surface area (Å²) in [5.41, 5.74) is 0.448. The Hall–Kier alpha value is -3.00. The number of ketones is 2. The summed E-state index contributed by atoms with van der Waals surface area (Å²) in [6.07, 6.45) is -0.363. The highest BCUT2D eigenvalue weighted by Crippen LogP contribution is 2.39. The fraction of sp³-hybridized carbons (Fsp3) is 0.364. The van der Waals surface area contributed by atoms with E-state index in [2.05, 4.69) is 33.9 Å². The highest BCUT2D eigenvalue weighted by atomic mass is 28.4. The molecule has 0 atom stereocenters. The van der Waals surface area contributed by atoms with E-state index in [0.717, 1.165) is 0 Å². The van der Waals surface area contributed by atoms with Crippen molar-refractivity contribution >= 4 is 25.6 Å². The van der Waals surface area contributed by atoms with Gasteiger partial charge in [-0.05, 0) is 42.4 Å². The highest BCUT2D eigenvalue weighted by molar-refractivity contribution is 6.74. The molecule has 0 spiro atoms. The first kappa shape index (κ1) is 23.3. The van der Waals surface area contributed by atoms with Crippen molar-refractivity contribution in [3.63, 3.8) is 0 Å². The van der Waals surface area contributed by atoms with Gasteiger partial charge in [-0.25, -0.2) is 0 Å². The van der Waals surface area contributed by atoms with Crippen LogP contribution in [0.3, 0.4) is 0 Å². The van der Waals surface area contributed by atoms with Gasteiger partial charge in [0.05, 0.1) is 24.0 Å². The maximum atomic E-state index is 12.9. The number of rotatable bonds is 8. The Balaban J connectivity index is 2.30. The molecular formula is C22H27NO6Si. The van der Waals surface area contributed by atoms with Crippen LogP contribution in [0.2, 0.25) is 18.1 Å². The van der Waals surface area contributed by atoms with Crippen LogP contribution < -0.4 is 9.16 Å². The van der Waals surface area contributed by atoms with Gasteiger partial charge >= 0.3 is 0 Å². The van der Waals surface area contributed by atoms with Crippen molar-refractivity contribution in [2.45, 2.75) is 45.3 Å². The molecule has 2 aromatic carbocycles. The van der Waals surface area contributed by atoms with E-state index in [4.69, 9.17) is 9.16 Å². The molecule has 0 heterocycles. The zero-order valence-corrected chi connectivity index (χ0v) is 19.1. The van der Waals surface area contributed by atoms with Gasteiger partial charge in [0.15, 0.2) is 11.6 Å². The molecule has 30 heavy (non-hydrogen) atoms. The van der Waals surface area contributed by atoms with Gasteiger partial charge in [0.25, 0.3) is 14.0 Å². The van der Waals surface area contributed by atoms with Crippen molar-refractivity contribution in [1.82, 2.24) is 0 Å². The minimum atomic E-state index is -2.24. The van der Waals surface area contributed by atoms with E-state index in [1.165, 1.54) is 31.4 Å². The molecule has 0 saturated heterocycles. The van der Waals surface area contributed by atoms with E-state index in [-0.39, 0.29) is 28.5 Å². The van der Waals surface area contributed by atoms with Crippen LogP contribution in [-0.4, -0.2) is 31.9 Å². The SMILES string of the molecule is COc1ccc(C(=O)CC(=O)c2ccc([N+](=O)[O-])cc2)c(O[Si](C)(C)C(C)(C)C)c1. The zero-order chi connectivity index (χ0) is 22.7. The quantitative estimate of drug-likeness (QED) is 0.182. The standard InChI is InChI=1S/C22H27NO6Si/c1-22(2,3)30(5,6)29-21-13-17(28-4)11-12-18(21)20(25)14-19(24)15-7-9-16(10-8-15)23(26)27/h7-13H,14H2,1-6H3. The summed E-state index contributed by atoms with van der Waals surface area (Å²) in [6, 6.07) is 10.1. The molecule has 0 aliphatic heterocycles. The van der Waals surface area contributed by atoms with Gasteiger partial charge in [-0.2, -0.15) is 0 Å². The molecule has 0 aromatic heterocycles. The Bertz CT molecular complexity index is 961. The Morgan fingerprint density at radius 3 is 2.13 bits per heavy atom. The van der Waals surface area contributed by atoms with Gasteiger partial charge in [0.1, 0.15) is 11.5 Å². The summed E-state index contributed by atoms with van der Waals surface area (Å²) < 4.78 is 11.6. The molecule has 2 rings (SSSR count). The smallest absolute Gasteiger partial charge is 0.269 e. The van der Waals surface area contributed by atoms with Crippen molar-refractivity contribution in [3.05, 3.63) is 63.7 Å². The Morgan fingerprint density at radius 2 is 1.63 bits per heavy atom. The lowest BCUT2D eigenvalue weighted by molar-refractivity contribution is -0.384. The lowest BCUT2D eigenvalue weighted by atomic mass is 10.0. The number of carbonyl (C=O) groups is 2. The van der Waals surface area contributed by atoms with Crippen molar-refractivity contribution in [3.8, 4) is 11.5 Å². The van der Waals surface area contributed by atoms with Gasteiger partial charge in [-0.1, -0.05) is 20.8 Å². The van der Waals surface area contributed by atoms with E-state index in [0.29, 0.717) is 17.1 Å². The molecule has 0 fully saturated rings. The average molecular weight is 430 g/mol. The van der Waals surface area contributed by atoms with Crippen LogP contribution in [-0.2, 0) is 0 Å². The van der Waals surface area contributed by atoms with Crippen molar-refractivity contribution < 1.29 is 23.7 Å². The number of carbonyl (C=O) groups excluding carboxylic acids is 2. The number of nitrogens with zero attached hydrogens (tertiary/aromatic N) is 1. The predicted octanol–water partition coefficient (Wildman–Crippen LogP) is 5.44. The van der Waals surface area contributed by atoms with Crippen LogP contribution in [0.4, 0.5) is 5.69 Å². The summed E-state index contributed by atoms with van der Waals surface area (Å²) in [7, 11) is -0.703. The maximum Gasteiger partial charge on any atom is 0.269 e. The first-order valence-corrected chi connectivity index (χ1v) is 12.4. The second kappa shape index (κ2) is 8.79. The van der Waals surface area contributed by atoms with Crippen molar-refractivity contribution in [2.24, 2.45) is 0 Å². The molecule has 2 aromatic rings. The monoisotopic (exact) mass is 429 g/mol. The Kier molecular flexibility index (Phi) is 6.82. The number of Topliss-reactive ketones (excluding diaryl/α,β-unsaturated/α-hetero) is 2. The molecule has 0 aliphatic rings. The highest BCUT2D eigenvalue weighted by Gasteiger charge is 2.39. The lowest BCUT2D eigenvalue weighted by Crippen LogP contribution is -2.44. The van der Waals surface area contributed by atoms with Crippen molar-refractivity contribution in [1.29, 1.82) is 0 Å². The first-order chi connectivity index (χ1) is 13.9. The first-order valence-electron chi connectivity index (χ1n) is 9.53. The number of nitro benzene ring substituents is 1. The molecular weight excluding hydrogens is 402 g/mol. The number of hydrogen-bond donors (Lipinski definition) is 0. The van der Waals surface area contributed by atoms with Crippen molar-refractivity contribution in [2.75, 3.05) is 7.11 Å². The minimum Gasteiger partial charge on any atom is -0.543 e. The third-order valence-electron chi connectivity index (χ3n) is 5.38. The molecule has 0 radical (unpaired) electrons. The topological polar surface area (TPSA) is 95.7 Å². The molecule has 0 aliphatic carbocycles. The summed E-state index contributed by atoms with van der Waals surface area (Å²) in [4.78, 5) is 35.7. The summed E-state index contributed by atoms with van der Waals surface area (Å²) in [6.45, 7) is 10.4. The van der Waals surface area contributed by atoms with Crippen LogP contribution in [0.1, 0.15) is 47.9 Å². The van der Waals surface area contributed by atoms with Crippen LogP contribution in [0.15, 0.2) is 42.5 Å². The zero-order valence-electron chi connectivity index (χ0n) is 18.1. The fourth-order valence-electron chi connectivity index (χ4n) is 2.48. The molecule has 0 unspecified atom stereocenters. The summed E-state index contributed by atoms with van der Waals surface area (Å²) >= 11 is 0. The average Bonchev–Trinajstić information content (AvgIpc) is 2.66. The van der Waals surface area contributed by atoms with Gasteiger partial charge in [0.2, 0.25) is 0 Å². The van der Waals surface area contributed by atoms with E-state index >= 15 is 0 Å². The molecule has 0 saturated carbocycles. The second-order valence-electron chi connectivity index (χ2n) is 8.55. The predicted molar refractivity (Wildman–Crippen MR) is 117 cm³/mol. The number of ether oxygens (including phenoxy) is 1. The number of benzene rings is 2. The van der Waals surface area contributed by atoms with Gasteiger partial charge in [-0.15, -0.1) is 0 Å². The van der Waals surface area contributed by atoms with E-state index < -0.39 is 19.0 Å². The van der Waals surface area contributed by atoms with E-state index in [1.807, 2.05) is 0 Å². The van der Waals surface area contributed by atoms with Crippen LogP contribution in [0, 0.1) is 10.1 Å². The maximum absolute atomic E-state index is 12.9. The number of non-ortho nitro benzene ring substituents is 1. The number of methoxy groups -OCH3 is 1. The Morgan fingerprint density at radius 1 is 1.03 bits per heavy atom. The fourth-order valence-corrected chi connectivity index (χ4v) is 3.51. The molecule has 160 valence electrons.